The van der Waals surface area contributed by atoms with Crippen molar-refractivity contribution in [1.82, 2.24) is 0 Å². The van der Waals surface area contributed by atoms with Crippen LogP contribution in [0.25, 0.3) is 0 Å². The van der Waals surface area contributed by atoms with Gasteiger partial charge in [-0.15, -0.1) is 0 Å². The molecule has 0 aromatic rings. The van der Waals surface area contributed by atoms with Gasteiger partial charge in [0.15, 0.2) is 0 Å². The Bertz CT molecular complexity index is 146. The molecule has 0 aliphatic heterocycles. The first kappa shape index (κ1) is 12.1. The fraction of sp³-hybridized carbons (Fsp3) is 1.00. The third-order valence-corrected chi connectivity index (χ3v) is 4.36. The van der Waals surface area contributed by atoms with E-state index in [-0.39, 0.29) is 0 Å². The lowest BCUT2D eigenvalue weighted by Gasteiger charge is -2.19. The molecule has 0 spiro atoms. The van der Waals surface area contributed by atoms with Crippen molar-refractivity contribution >= 4 is 0 Å². The van der Waals surface area contributed by atoms with Crippen molar-refractivity contribution < 1.29 is 0 Å². The van der Waals surface area contributed by atoms with Crippen molar-refractivity contribution in [3.8, 4) is 0 Å². The van der Waals surface area contributed by atoms with Crippen molar-refractivity contribution in [3.63, 3.8) is 0 Å². The molecule has 1 aliphatic rings. The summed E-state index contributed by atoms with van der Waals surface area (Å²) in [6.45, 7) is 9.59. The molecule has 0 aromatic heterocycles. The van der Waals surface area contributed by atoms with Crippen LogP contribution in [0.1, 0.15) is 66.2 Å². The fourth-order valence-corrected chi connectivity index (χ4v) is 2.35. The van der Waals surface area contributed by atoms with Crippen molar-refractivity contribution in [2.45, 2.75) is 66.2 Å². The molecule has 3 atom stereocenters. The minimum absolute atomic E-state index is 0.922. The second-order valence-electron chi connectivity index (χ2n) is 5.61. The molecule has 0 radical (unpaired) electrons. The Labute approximate surface area is 90.5 Å². The molecule has 0 saturated heterocycles. The van der Waals surface area contributed by atoms with E-state index in [1.54, 1.807) is 0 Å². The van der Waals surface area contributed by atoms with E-state index in [2.05, 4.69) is 27.7 Å². The molecule has 0 bridgehead atoms. The molecule has 0 N–H and O–H groups in total. The molecule has 1 saturated carbocycles. The summed E-state index contributed by atoms with van der Waals surface area (Å²) < 4.78 is 0. The van der Waals surface area contributed by atoms with Crippen LogP contribution in [0.15, 0.2) is 0 Å². The van der Waals surface area contributed by atoms with Gasteiger partial charge in [0.25, 0.3) is 0 Å². The summed E-state index contributed by atoms with van der Waals surface area (Å²) in [5.74, 6) is 3.98. The van der Waals surface area contributed by atoms with Crippen LogP contribution in [0.4, 0.5) is 0 Å². The van der Waals surface area contributed by atoms with Gasteiger partial charge in [0.05, 0.1) is 0 Å². The molecule has 1 rings (SSSR count). The summed E-state index contributed by atoms with van der Waals surface area (Å²) in [4.78, 5) is 0. The monoisotopic (exact) mass is 196 g/mol. The van der Waals surface area contributed by atoms with E-state index in [0.717, 1.165) is 23.7 Å². The molecule has 0 aromatic carbocycles. The van der Waals surface area contributed by atoms with Crippen molar-refractivity contribution in [2.75, 3.05) is 0 Å². The lowest BCUT2D eigenvalue weighted by Crippen LogP contribution is -2.07. The van der Waals surface area contributed by atoms with Gasteiger partial charge in [0.1, 0.15) is 0 Å². The second-order valence-corrected chi connectivity index (χ2v) is 5.61. The summed E-state index contributed by atoms with van der Waals surface area (Å²) in [5.41, 5.74) is 0. The SMILES string of the molecule is CCC(C)C(C)CCCC(C)C1CC1. The van der Waals surface area contributed by atoms with Crippen LogP contribution < -0.4 is 0 Å². The van der Waals surface area contributed by atoms with Gasteiger partial charge < -0.3 is 0 Å². The maximum Gasteiger partial charge on any atom is -0.0388 e. The van der Waals surface area contributed by atoms with Gasteiger partial charge in [-0.1, -0.05) is 53.4 Å². The maximum absolute atomic E-state index is 2.45. The lowest BCUT2D eigenvalue weighted by atomic mass is 9.87. The van der Waals surface area contributed by atoms with Gasteiger partial charge >= 0.3 is 0 Å². The molecule has 0 heterocycles. The molecule has 0 nitrogen and oxygen atoms in total. The second kappa shape index (κ2) is 5.78. The Kier molecular flexibility index (Phi) is 4.98. The molecule has 3 unspecified atom stereocenters. The standard InChI is InChI=1S/C14H28/c1-5-11(2)12(3)7-6-8-13(4)14-9-10-14/h11-14H,5-10H2,1-4H3. The maximum atomic E-state index is 2.45. The van der Waals surface area contributed by atoms with E-state index in [4.69, 9.17) is 0 Å². The van der Waals surface area contributed by atoms with E-state index in [1.165, 1.54) is 38.5 Å². The highest BCUT2D eigenvalue weighted by molar-refractivity contribution is 4.78. The quantitative estimate of drug-likeness (QED) is 0.544. The van der Waals surface area contributed by atoms with Crippen LogP contribution in [0, 0.1) is 23.7 Å². The molecule has 84 valence electrons. The highest BCUT2D eigenvalue weighted by Gasteiger charge is 2.27. The minimum atomic E-state index is 0.922. The predicted octanol–water partition coefficient (Wildman–Crippen LogP) is 4.89. The zero-order chi connectivity index (χ0) is 10.6. The average Bonchev–Trinajstić information content (AvgIpc) is 2.99. The van der Waals surface area contributed by atoms with Crippen molar-refractivity contribution in [1.29, 1.82) is 0 Å². The van der Waals surface area contributed by atoms with Crippen LogP contribution in [0.3, 0.4) is 0 Å². The third kappa shape index (κ3) is 4.02. The molecular weight excluding hydrogens is 168 g/mol. The Balaban J connectivity index is 2.01. The van der Waals surface area contributed by atoms with E-state index in [9.17, 15) is 0 Å². The van der Waals surface area contributed by atoms with Crippen LogP contribution in [0.2, 0.25) is 0 Å². The van der Waals surface area contributed by atoms with Gasteiger partial charge in [-0.2, -0.15) is 0 Å². The summed E-state index contributed by atoms with van der Waals surface area (Å²) in [7, 11) is 0. The van der Waals surface area contributed by atoms with E-state index in [0.29, 0.717) is 0 Å². The zero-order valence-electron chi connectivity index (χ0n) is 10.6. The van der Waals surface area contributed by atoms with Crippen LogP contribution in [0.5, 0.6) is 0 Å². The van der Waals surface area contributed by atoms with Gasteiger partial charge in [-0.05, 0) is 36.5 Å². The third-order valence-electron chi connectivity index (χ3n) is 4.36. The number of hydrogen-bond donors (Lipinski definition) is 0. The Morgan fingerprint density at radius 3 is 2.14 bits per heavy atom. The van der Waals surface area contributed by atoms with Crippen molar-refractivity contribution in [2.24, 2.45) is 23.7 Å². The van der Waals surface area contributed by atoms with Gasteiger partial charge in [0.2, 0.25) is 0 Å². The lowest BCUT2D eigenvalue weighted by molar-refractivity contribution is 0.327. The van der Waals surface area contributed by atoms with Gasteiger partial charge in [-0.3, -0.25) is 0 Å². The summed E-state index contributed by atoms with van der Waals surface area (Å²) in [5, 5.41) is 0. The predicted molar refractivity (Wildman–Crippen MR) is 64.4 cm³/mol. The van der Waals surface area contributed by atoms with Crippen molar-refractivity contribution in [3.05, 3.63) is 0 Å². The summed E-state index contributed by atoms with van der Waals surface area (Å²) in [6.07, 6.45) is 8.77. The van der Waals surface area contributed by atoms with E-state index in [1.807, 2.05) is 0 Å². The fourth-order valence-electron chi connectivity index (χ4n) is 2.35. The zero-order valence-corrected chi connectivity index (χ0v) is 10.6. The Hall–Kier alpha value is 0. The van der Waals surface area contributed by atoms with Crippen LogP contribution in [-0.4, -0.2) is 0 Å². The van der Waals surface area contributed by atoms with Crippen LogP contribution in [-0.2, 0) is 0 Å². The first-order valence-corrected chi connectivity index (χ1v) is 6.65. The first-order chi connectivity index (χ1) is 6.65. The van der Waals surface area contributed by atoms with Crippen LogP contribution >= 0.6 is 0 Å². The molecular formula is C14H28. The molecule has 1 aliphatic carbocycles. The summed E-state index contributed by atoms with van der Waals surface area (Å²) >= 11 is 0. The molecule has 0 heteroatoms. The Morgan fingerprint density at radius 2 is 1.64 bits per heavy atom. The molecule has 0 amide bonds. The van der Waals surface area contributed by atoms with Gasteiger partial charge in [0, 0.05) is 0 Å². The van der Waals surface area contributed by atoms with E-state index >= 15 is 0 Å². The van der Waals surface area contributed by atoms with Gasteiger partial charge in [-0.25, -0.2) is 0 Å². The average molecular weight is 196 g/mol. The minimum Gasteiger partial charge on any atom is -0.0651 e. The topological polar surface area (TPSA) is 0 Å². The Morgan fingerprint density at radius 1 is 1.00 bits per heavy atom. The highest BCUT2D eigenvalue weighted by atomic mass is 14.3. The smallest absolute Gasteiger partial charge is 0.0388 e. The van der Waals surface area contributed by atoms with E-state index < -0.39 is 0 Å². The summed E-state index contributed by atoms with van der Waals surface area (Å²) in [6, 6.07) is 0. The highest BCUT2D eigenvalue weighted by Crippen LogP contribution is 2.39. The number of rotatable bonds is 7. The largest absolute Gasteiger partial charge is 0.0651 e. The number of hydrogen-bond acceptors (Lipinski definition) is 0. The first-order valence-electron chi connectivity index (χ1n) is 6.65. The normalized spacial score (nSPS) is 23.1. The molecule has 14 heavy (non-hydrogen) atoms. The molecule has 1 fully saturated rings.